The molecule has 4 fully saturated rings. The number of aryl methyl sites for hydroxylation is 1. The minimum Gasteiger partial charge on any atom is -0.350 e. The molecule has 23 heavy (non-hydrogen) atoms. The first-order valence-electron chi connectivity index (χ1n) is 8.67. The number of nitrogens with zero attached hydrogens (tertiary/aromatic N) is 2. The first kappa shape index (κ1) is 15.7. The molecular formula is C18H26BrN3O. The number of halogens is 1. The molecule has 1 aromatic heterocycles. The van der Waals surface area contributed by atoms with Gasteiger partial charge in [-0.1, -0.05) is 13.8 Å². The molecular weight excluding hydrogens is 354 g/mol. The molecule has 0 spiro atoms. The maximum atomic E-state index is 13.1. The third-order valence-electron chi connectivity index (χ3n) is 6.53. The van der Waals surface area contributed by atoms with Crippen LogP contribution in [-0.2, 0) is 18.4 Å². The van der Waals surface area contributed by atoms with E-state index in [1.54, 1.807) is 6.20 Å². The van der Waals surface area contributed by atoms with E-state index in [1.807, 2.05) is 11.7 Å². The van der Waals surface area contributed by atoms with Crippen LogP contribution in [0.25, 0.3) is 0 Å². The van der Waals surface area contributed by atoms with Gasteiger partial charge in [-0.15, -0.1) is 0 Å². The minimum absolute atomic E-state index is 0.131. The van der Waals surface area contributed by atoms with E-state index in [0.29, 0.717) is 17.4 Å². The molecule has 0 aliphatic heterocycles. The molecule has 2 atom stereocenters. The van der Waals surface area contributed by atoms with Gasteiger partial charge in [0.2, 0.25) is 5.91 Å². The number of rotatable bonds is 3. The number of carbonyl (C=O) groups excluding carboxylic acids is 1. The number of carbonyl (C=O) groups is 1. The average Bonchev–Trinajstić information content (AvgIpc) is 2.71. The molecule has 0 unspecified atom stereocenters. The van der Waals surface area contributed by atoms with Crippen molar-refractivity contribution in [1.29, 1.82) is 0 Å². The molecule has 1 amide bonds. The molecule has 4 nitrogen and oxygen atoms in total. The van der Waals surface area contributed by atoms with Gasteiger partial charge >= 0.3 is 0 Å². The van der Waals surface area contributed by atoms with Crippen LogP contribution in [0.4, 0.5) is 0 Å². The fourth-order valence-electron chi connectivity index (χ4n) is 6.69. The number of hydrogen-bond acceptors (Lipinski definition) is 2. The largest absolute Gasteiger partial charge is 0.350 e. The highest BCUT2D eigenvalue weighted by Gasteiger charge is 2.62. The van der Waals surface area contributed by atoms with E-state index in [-0.39, 0.29) is 11.3 Å². The second-order valence-corrected chi connectivity index (χ2v) is 10.0. The quantitative estimate of drug-likeness (QED) is 0.867. The lowest BCUT2D eigenvalue weighted by Gasteiger charge is -2.64. The molecule has 4 aliphatic carbocycles. The standard InChI is InChI=1S/C18H26BrN3O/c1-16-4-12-5-17(2,9-16)11-18(6-12,10-16)15(23)20-8-14-13(19)7-21-22(14)3/h7,12H,4-6,8-11H2,1-3H3,(H,20,23)/t12?,16-,17-,18?/m0/s1. The summed E-state index contributed by atoms with van der Waals surface area (Å²) in [5, 5.41) is 7.46. The molecule has 126 valence electrons. The topological polar surface area (TPSA) is 46.9 Å². The fourth-order valence-corrected chi connectivity index (χ4v) is 7.18. The fraction of sp³-hybridized carbons (Fsp3) is 0.778. The van der Waals surface area contributed by atoms with Gasteiger partial charge in [-0.25, -0.2) is 0 Å². The average molecular weight is 380 g/mol. The van der Waals surface area contributed by atoms with Gasteiger partial charge in [-0.05, 0) is 71.2 Å². The first-order valence-corrected chi connectivity index (χ1v) is 9.47. The highest BCUT2D eigenvalue weighted by Crippen LogP contribution is 2.69. The molecule has 1 aromatic rings. The maximum Gasteiger partial charge on any atom is 0.226 e. The molecule has 1 heterocycles. The van der Waals surface area contributed by atoms with Crippen molar-refractivity contribution in [3.8, 4) is 0 Å². The van der Waals surface area contributed by atoms with Gasteiger partial charge in [0, 0.05) is 7.05 Å². The van der Waals surface area contributed by atoms with E-state index >= 15 is 0 Å². The van der Waals surface area contributed by atoms with Gasteiger partial charge in [0.25, 0.3) is 0 Å². The number of hydrogen-bond donors (Lipinski definition) is 1. The van der Waals surface area contributed by atoms with Crippen molar-refractivity contribution in [2.24, 2.45) is 29.2 Å². The Bertz CT molecular complexity index is 630. The zero-order valence-electron chi connectivity index (χ0n) is 14.3. The Hall–Kier alpha value is -0.840. The molecule has 4 bridgehead atoms. The zero-order valence-corrected chi connectivity index (χ0v) is 15.9. The lowest BCUT2D eigenvalue weighted by molar-refractivity contribution is -0.170. The van der Waals surface area contributed by atoms with Crippen molar-refractivity contribution < 1.29 is 4.79 Å². The van der Waals surface area contributed by atoms with E-state index < -0.39 is 0 Å². The second kappa shape index (κ2) is 4.84. The number of aromatic nitrogens is 2. The van der Waals surface area contributed by atoms with Gasteiger partial charge in [0.1, 0.15) is 0 Å². The maximum absolute atomic E-state index is 13.1. The summed E-state index contributed by atoms with van der Waals surface area (Å²) in [6.45, 7) is 5.38. The number of nitrogens with one attached hydrogen (secondary N) is 1. The molecule has 5 rings (SSSR count). The molecule has 0 saturated heterocycles. The van der Waals surface area contributed by atoms with E-state index in [4.69, 9.17) is 0 Å². The predicted molar refractivity (Wildman–Crippen MR) is 92.6 cm³/mol. The van der Waals surface area contributed by atoms with Crippen LogP contribution in [0.1, 0.15) is 58.1 Å². The molecule has 0 radical (unpaired) electrons. The van der Waals surface area contributed by atoms with Crippen molar-refractivity contribution in [1.82, 2.24) is 15.1 Å². The Labute approximate surface area is 146 Å². The highest BCUT2D eigenvalue weighted by molar-refractivity contribution is 9.10. The van der Waals surface area contributed by atoms with Crippen molar-refractivity contribution in [3.05, 3.63) is 16.4 Å². The molecule has 5 heteroatoms. The lowest BCUT2D eigenvalue weighted by atomic mass is 9.40. The summed E-state index contributed by atoms with van der Waals surface area (Å²) < 4.78 is 2.79. The SMILES string of the molecule is Cn1ncc(Br)c1CNC(=O)C12CC3C[C@](C)(C1)C[C@](C)(C3)C2. The molecule has 1 N–H and O–H groups in total. The summed E-state index contributed by atoms with van der Waals surface area (Å²) in [6.07, 6.45) is 8.98. The summed E-state index contributed by atoms with van der Waals surface area (Å²) in [6, 6.07) is 0. The van der Waals surface area contributed by atoms with Crippen molar-refractivity contribution >= 4 is 21.8 Å². The Morgan fingerprint density at radius 1 is 1.30 bits per heavy atom. The third-order valence-corrected chi connectivity index (χ3v) is 7.20. The van der Waals surface area contributed by atoms with E-state index in [1.165, 1.54) is 19.3 Å². The second-order valence-electron chi connectivity index (χ2n) is 9.16. The summed E-state index contributed by atoms with van der Waals surface area (Å²) in [4.78, 5) is 13.1. The highest BCUT2D eigenvalue weighted by atomic mass is 79.9. The van der Waals surface area contributed by atoms with Gasteiger partial charge in [0.05, 0.1) is 28.3 Å². The molecule has 4 saturated carbocycles. The predicted octanol–water partition coefficient (Wildman–Crippen LogP) is 3.80. The first-order chi connectivity index (χ1) is 10.7. The summed E-state index contributed by atoms with van der Waals surface area (Å²) in [5.74, 6) is 1.02. The van der Waals surface area contributed by atoms with Gasteiger partial charge in [-0.2, -0.15) is 5.10 Å². The van der Waals surface area contributed by atoms with Crippen LogP contribution in [-0.4, -0.2) is 15.7 Å². The van der Waals surface area contributed by atoms with E-state index in [0.717, 1.165) is 35.3 Å². The Morgan fingerprint density at radius 2 is 1.96 bits per heavy atom. The van der Waals surface area contributed by atoms with Gasteiger partial charge in [0.15, 0.2) is 0 Å². The summed E-state index contributed by atoms with van der Waals surface area (Å²) in [7, 11) is 1.92. The van der Waals surface area contributed by atoms with E-state index in [2.05, 4.69) is 40.2 Å². The van der Waals surface area contributed by atoms with Crippen LogP contribution < -0.4 is 5.32 Å². The lowest BCUT2D eigenvalue weighted by Crippen LogP contribution is -2.59. The van der Waals surface area contributed by atoms with Crippen molar-refractivity contribution in [2.75, 3.05) is 0 Å². The van der Waals surface area contributed by atoms with Crippen LogP contribution in [0, 0.1) is 22.2 Å². The van der Waals surface area contributed by atoms with Crippen LogP contribution >= 0.6 is 15.9 Å². The minimum atomic E-state index is -0.131. The zero-order chi connectivity index (χ0) is 16.5. The molecule has 4 aliphatic rings. The van der Waals surface area contributed by atoms with Gasteiger partial charge in [-0.3, -0.25) is 9.48 Å². The summed E-state index contributed by atoms with van der Waals surface area (Å²) in [5.41, 5.74) is 1.64. The van der Waals surface area contributed by atoms with Crippen LogP contribution in [0.5, 0.6) is 0 Å². The Kier molecular flexibility index (Phi) is 3.30. The van der Waals surface area contributed by atoms with Crippen LogP contribution in [0.15, 0.2) is 10.7 Å². The van der Waals surface area contributed by atoms with Crippen molar-refractivity contribution in [2.45, 2.75) is 58.9 Å². The Morgan fingerprint density at radius 3 is 2.48 bits per heavy atom. The molecule has 0 aromatic carbocycles. The number of amides is 1. The Balaban J connectivity index is 1.54. The van der Waals surface area contributed by atoms with E-state index in [9.17, 15) is 4.79 Å². The smallest absolute Gasteiger partial charge is 0.226 e. The monoisotopic (exact) mass is 379 g/mol. The van der Waals surface area contributed by atoms with Crippen LogP contribution in [0.2, 0.25) is 0 Å². The third kappa shape index (κ3) is 2.46. The van der Waals surface area contributed by atoms with Gasteiger partial charge < -0.3 is 5.32 Å². The normalized spacial score (nSPS) is 41.3. The summed E-state index contributed by atoms with van der Waals surface area (Å²) >= 11 is 3.51. The van der Waals surface area contributed by atoms with Crippen LogP contribution in [0.3, 0.4) is 0 Å². The van der Waals surface area contributed by atoms with Crippen molar-refractivity contribution in [3.63, 3.8) is 0 Å².